The van der Waals surface area contributed by atoms with Crippen molar-refractivity contribution in [1.82, 2.24) is 0 Å². The number of hydrogen-bond acceptors (Lipinski definition) is 3. The maximum atomic E-state index is 9.54. The molecule has 80 valence electrons. The maximum absolute atomic E-state index is 9.54. The lowest BCUT2D eigenvalue weighted by Gasteiger charge is -2.26. The smallest absolute Gasteiger partial charge is 0.109 e. The number of aliphatic hydroxyl groups is 1. The zero-order chi connectivity index (χ0) is 10.8. The monoisotopic (exact) mass is 198 g/mol. The Morgan fingerprint density at radius 1 is 1.57 bits per heavy atom. The summed E-state index contributed by atoms with van der Waals surface area (Å²) in [5.41, 5.74) is -0.157. The minimum atomic E-state index is -0.488. The van der Waals surface area contributed by atoms with Gasteiger partial charge in [-0.15, -0.1) is 0 Å². The normalized spacial score (nSPS) is 33.6. The van der Waals surface area contributed by atoms with Crippen LogP contribution in [0.25, 0.3) is 0 Å². The molecule has 0 amide bonds. The first-order valence-electron chi connectivity index (χ1n) is 5.17. The van der Waals surface area contributed by atoms with Gasteiger partial charge in [0.05, 0.1) is 18.3 Å². The van der Waals surface area contributed by atoms with E-state index in [1.54, 1.807) is 0 Å². The van der Waals surface area contributed by atoms with Crippen LogP contribution in [0.1, 0.15) is 33.6 Å². The van der Waals surface area contributed by atoms with Crippen molar-refractivity contribution in [2.75, 3.05) is 6.61 Å². The minimum Gasteiger partial charge on any atom is -0.390 e. The molecular weight excluding hydrogens is 179 g/mol. The summed E-state index contributed by atoms with van der Waals surface area (Å²) < 4.78 is 11.0. The molecule has 1 aliphatic rings. The second-order valence-electron chi connectivity index (χ2n) is 4.44. The summed E-state index contributed by atoms with van der Waals surface area (Å²) >= 11 is 0. The second kappa shape index (κ2) is 4.64. The van der Waals surface area contributed by atoms with E-state index in [-0.39, 0.29) is 17.7 Å². The van der Waals surface area contributed by atoms with Crippen LogP contribution in [0.2, 0.25) is 0 Å². The fraction of sp³-hybridized carbons (Fsp3) is 1.00. The highest BCUT2D eigenvalue weighted by Crippen LogP contribution is 2.21. The fourth-order valence-electron chi connectivity index (χ4n) is 1.32. The molecule has 1 fully saturated rings. The SMILES string of the molecule is [B]C1CC(O)C(COC(C)(C)CC)O1. The van der Waals surface area contributed by atoms with Crippen molar-refractivity contribution in [2.45, 2.75) is 57.4 Å². The van der Waals surface area contributed by atoms with Gasteiger partial charge in [0, 0.05) is 6.00 Å². The Labute approximate surface area is 87.2 Å². The van der Waals surface area contributed by atoms with E-state index in [4.69, 9.17) is 17.3 Å². The maximum Gasteiger partial charge on any atom is 0.109 e. The van der Waals surface area contributed by atoms with Gasteiger partial charge in [0.15, 0.2) is 0 Å². The van der Waals surface area contributed by atoms with Crippen molar-refractivity contribution in [3.63, 3.8) is 0 Å². The zero-order valence-electron chi connectivity index (χ0n) is 9.19. The highest BCUT2D eigenvalue weighted by Gasteiger charge is 2.32. The fourth-order valence-corrected chi connectivity index (χ4v) is 1.32. The molecular formula is C10H19BO3. The van der Waals surface area contributed by atoms with E-state index >= 15 is 0 Å². The Morgan fingerprint density at radius 3 is 2.64 bits per heavy atom. The van der Waals surface area contributed by atoms with Crippen molar-refractivity contribution in [2.24, 2.45) is 0 Å². The van der Waals surface area contributed by atoms with Crippen LogP contribution in [0.5, 0.6) is 0 Å². The topological polar surface area (TPSA) is 38.7 Å². The molecule has 0 aliphatic carbocycles. The van der Waals surface area contributed by atoms with Gasteiger partial charge in [0.25, 0.3) is 0 Å². The zero-order valence-corrected chi connectivity index (χ0v) is 9.19. The van der Waals surface area contributed by atoms with E-state index in [0.29, 0.717) is 13.0 Å². The third-order valence-corrected chi connectivity index (χ3v) is 2.74. The number of rotatable bonds is 4. The molecule has 0 spiro atoms. The van der Waals surface area contributed by atoms with Gasteiger partial charge in [-0.1, -0.05) is 6.92 Å². The van der Waals surface area contributed by atoms with E-state index in [2.05, 4.69) is 6.92 Å². The largest absolute Gasteiger partial charge is 0.390 e. The van der Waals surface area contributed by atoms with Crippen LogP contribution in [0.4, 0.5) is 0 Å². The molecule has 2 radical (unpaired) electrons. The Balaban J connectivity index is 2.31. The van der Waals surface area contributed by atoms with Gasteiger partial charge in [0.2, 0.25) is 0 Å². The van der Waals surface area contributed by atoms with E-state index in [9.17, 15) is 5.11 Å². The summed E-state index contributed by atoms with van der Waals surface area (Å²) in [6.07, 6.45) is 0.677. The summed E-state index contributed by atoms with van der Waals surface area (Å²) in [7, 11) is 5.55. The molecule has 1 saturated heterocycles. The van der Waals surface area contributed by atoms with Gasteiger partial charge < -0.3 is 14.6 Å². The third-order valence-electron chi connectivity index (χ3n) is 2.74. The van der Waals surface area contributed by atoms with E-state index in [0.717, 1.165) is 6.42 Å². The quantitative estimate of drug-likeness (QED) is 0.680. The summed E-state index contributed by atoms with van der Waals surface area (Å²) in [5.74, 6) is 0. The van der Waals surface area contributed by atoms with Crippen molar-refractivity contribution in [1.29, 1.82) is 0 Å². The molecule has 14 heavy (non-hydrogen) atoms. The Bertz CT molecular complexity index is 184. The standard InChI is InChI=1S/C10H19BO3/c1-4-10(2,3)13-6-8-7(12)5-9(11)14-8/h7-9,12H,4-6H2,1-3H3. The summed E-state index contributed by atoms with van der Waals surface area (Å²) in [6, 6.07) is -0.344. The van der Waals surface area contributed by atoms with Gasteiger partial charge in [-0.2, -0.15) is 0 Å². The molecule has 0 bridgehead atoms. The molecule has 0 aromatic rings. The van der Waals surface area contributed by atoms with Gasteiger partial charge in [-0.3, -0.25) is 0 Å². The first-order valence-corrected chi connectivity index (χ1v) is 5.17. The lowest BCUT2D eigenvalue weighted by Crippen LogP contribution is -2.33. The lowest BCUT2D eigenvalue weighted by molar-refractivity contribution is -0.0889. The van der Waals surface area contributed by atoms with Gasteiger partial charge in [-0.25, -0.2) is 0 Å². The van der Waals surface area contributed by atoms with Crippen molar-refractivity contribution in [3.8, 4) is 0 Å². The van der Waals surface area contributed by atoms with E-state index < -0.39 is 6.10 Å². The van der Waals surface area contributed by atoms with E-state index in [1.165, 1.54) is 0 Å². The molecule has 3 atom stereocenters. The van der Waals surface area contributed by atoms with Gasteiger partial charge in [0.1, 0.15) is 14.0 Å². The molecule has 1 N–H and O–H groups in total. The van der Waals surface area contributed by atoms with Crippen LogP contribution in [0, 0.1) is 0 Å². The average Bonchev–Trinajstić information content (AvgIpc) is 2.42. The molecule has 1 heterocycles. The summed E-state index contributed by atoms with van der Waals surface area (Å²) in [4.78, 5) is 0. The van der Waals surface area contributed by atoms with E-state index in [1.807, 2.05) is 13.8 Å². The third kappa shape index (κ3) is 3.26. The van der Waals surface area contributed by atoms with Crippen LogP contribution < -0.4 is 0 Å². The first-order chi connectivity index (χ1) is 6.44. The predicted molar refractivity (Wildman–Crippen MR) is 55.4 cm³/mol. The van der Waals surface area contributed by atoms with Crippen molar-refractivity contribution < 1.29 is 14.6 Å². The van der Waals surface area contributed by atoms with Gasteiger partial charge >= 0.3 is 0 Å². The van der Waals surface area contributed by atoms with Gasteiger partial charge in [-0.05, 0) is 26.7 Å². The van der Waals surface area contributed by atoms with Crippen molar-refractivity contribution in [3.05, 3.63) is 0 Å². The Morgan fingerprint density at radius 2 is 2.21 bits per heavy atom. The molecule has 1 rings (SSSR count). The van der Waals surface area contributed by atoms with Crippen LogP contribution in [-0.2, 0) is 9.47 Å². The van der Waals surface area contributed by atoms with Crippen LogP contribution >= 0.6 is 0 Å². The molecule has 0 aromatic heterocycles. The first kappa shape index (κ1) is 12.0. The number of hydrogen-bond donors (Lipinski definition) is 1. The summed E-state index contributed by atoms with van der Waals surface area (Å²) in [5, 5.41) is 9.54. The van der Waals surface area contributed by atoms with Crippen LogP contribution in [0.15, 0.2) is 0 Å². The molecule has 1 aliphatic heterocycles. The predicted octanol–water partition coefficient (Wildman–Crippen LogP) is 0.836. The number of aliphatic hydroxyl groups excluding tert-OH is 1. The molecule has 3 unspecified atom stereocenters. The Kier molecular flexibility index (Phi) is 3.99. The second-order valence-corrected chi connectivity index (χ2v) is 4.44. The molecule has 4 heteroatoms. The molecule has 0 saturated carbocycles. The highest BCUT2D eigenvalue weighted by atomic mass is 16.6. The molecule has 0 aromatic carbocycles. The minimum absolute atomic E-state index is 0.157. The van der Waals surface area contributed by atoms with Crippen LogP contribution in [0.3, 0.4) is 0 Å². The highest BCUT2D eigenvalue weighted by molar-refractivity contribution is 6.11. The Hall–Kier alpha value is -0.0551. The average molecular weight is 198 g/mol. The lowest BCUT2D eigenvalue weighted by atomic mass is 9.96. The number of ether oxygens (including phenoxy) is 2. The molecule has 3 nitrogen and oxygen atoms in total. The van der Waals surface area contributed by atoms with Crippen molar-refractivity contribution >= 4 is 7.85 Å². The van der Waals surface area contributed by atoms with Crippen LogP contribution in [-0.4, -0.2) is 43.4 Å². The summed E-state index contributed by atoms with van der Waals surface area (Å²) in [6.45, 7) is 6.52.